The van der Waals surface area contributed by atoms with Crippen LogP contribution >= 0.6 is 11.3 Å². The van der Waals surface area contributed by atoms with Gasteiger partial charge in [0, 0.05) is 12.0 Å². The van der Waals surface area contributed by atoms with E-state index in [1.807, 2.05) is 32.0 Å². The molecule has 6 rings (SSSR count). The predicted octanol–water partition coefficient (Wildman–Crippen LogP) is 5.65. The van der Waals surface area contributed by atoms with E-state index in [0.717, 1.165) is 16.0 Å². The number of carbonyl (C=O) groups excluding carboxylic acids is 2. The van der Waals surface area contributed by atoms with Crippen molar-refractivity contribution in [3.05, 3.63) is 82.9 Å². The maximum absolute atomic E-state index is 13.6. The minimum Gasteiger partial charge on any atom is -0.507 e. The lowest BCUT2D eigenvalue weighted by molar-refractivity contribution is -0.132. The molecule has 0 spiro atoms. The number of aliphatic hydroxyl groups is 1. The molecule has 0 saturated carbocycles. The van der Waals surface area contributed by atoms with Crippen LogP contribution < -0.4 is 19.1 Å². The average molecular weight is 543 g/mol. The molecule has 1 saturated heterocycles. The van der Waals surface area contributed by atoms with Gasteiger partial charge in [-0.2, -0.15) is 0 Å². The molecule has 1 N–H and O–H groups in total. The quantitative estimate of drug-likeness (QED) is 0.191. The molecule has 2 aliphatic heterocycles. The number of anilines is 1. The van der Waals surface area contributed by atoms with Gasteiger partial charge in [0.05, 0.1) is 35.5 Å². The number of amides is 1. The summed E-state index contributed by atoms with van der Waals surface area (Å²) in [6.45, 7) is 4.38. The van der Waals surface area contributed by atoms with Crippen molar-refractivity contribution in [2.75, 3.05) is 18.6 Å². The van der Waals surface area contributed by atoms with Gasteiger partial charge in [0.15, 0.2) is 5.13 Å². The lowest BCUT2D eigenvalue weighted by Crippen LogP contribution is -2.29. The SMILES string of the molecule is CCOc1ccc([C@H]2/C(=C(\O)c3ccc4c(c3)C[C@H](C)O4)C(=O)C(=O)N2c2nc3ccc(OC)cc3s2)cc1. The molecule has 2 atom stereocenters. The molecule has 198 valence electrons. The Bertz CT molecular complexity index is 1640. The van der Waals surface area contributed by atoms with Crippen LogP contribution in [0.3, 0.4) is 0 Å². The zero-order valence-electron chi connectivity index (χ0n) is 21.6. The Hall–Kier alpha value is -4.37. The first kappa shape index (κ1) is 24.9. The normalized spacial score (nSPS) is 19.8. The first-order valence-electron chi connectivity index (χ1n) is 12.7. The number of ketones is 1. The summed E-state index contributed by atoms with van der Waals surface area (Å²) < 4.78 is 17.5. The second kappa shape index (κ2) is 9.74. The van der Waals surface area contributed by atoms with Crippen LogP contribution in [-0.2, 0) is 16.0 Å². The number of aromatic nitrogens is 1. The number of carbonyl (C=O) groups is 2. The number of fused-ring (bicyclic) bond motifs is 2. The molecule has 1 aromatic heterocycles. The fourth-order valence-corrected chi connectivity index (χ4v) is 6.13. The summed E-state index contributed by atoms with van der Waals surface area (Å²) in [6.07, 6.45) is 0.729. The number of benzene rings is 3. The number of ether oxygens (including phenoxy) is 3. The van der Waals surface area contributed by atoms with Crippen molar-refractivity contribution in [2.24, 2.45) is 0 Å². The van der Waals surface area contributed by atoms with Crippen molar-refractivity contribution in [3.63, 3.8) is 0 Å². The number of methoxy groups -OCH3 is 1. The third-order valence-electron chi connectivity index (χ3n) is 6.91. The van der Waals surface area contributed by atoms with E-state index >= 15 is 0 Å². The van der Waals surface area contributed by atoms with Gasteiger partial charge in [0.1, 0.15) is 29.1 Å². The standard InChI is InChI=1S/C30H26N2O6S/c1-4-37-20-8-5-17(6-9-20)26-25(27(33)18-7-12-23-19(14-18)13-16(2)38-23)28(34)29(35)32(26)30-31-22-11-10-21(36-3)15-24(22)39-30/h5-12,14-16,26,33H,4,13H2,1-3H3/b27-25+/t16-,26-/m0/s1. The lowest BCUT2D eigenvalue weighted by Gasteiger charge is -2.23. The third-order valence-corrected chi connectivity index (χ3v) is 7.93. The van der Waals surface area contributed by atoms with E-state index in [9.17, 15) is 14.7 Å². The van der Waals surface area contributed by atoms with E-state index in [2.05, 4.69) is 4.98 Å². The van der Waals surface area contributed by atoms with Gasteiger partial charge in [-0.1, -0.05) is 23.5 Å². The second-order valence-electron chi connectivity index (χ2n) is 9.46. The van der Waals surface area contributed by atoms with Gasteiger partial charge in [-0.05, 0) is 73.5 Å². The third kappa shape index (κ3) is 4.28. The summed E-state index contributed by atoms with van der Waals surface area (Å²) in [5.74, 6) is 0.330. The Morgan fingerprint density at radius 3 is 2.62 bits per heavy atom. The molecular formula is C30H26N2O6S. The van der Waals surface area contributed by atoms with E-state index < -0.39 is 17.7 Å². The summed E-state index contributed by atoms with van der Waals surface area (Å²) >= 11 is 1.28. The Morgan fingerprint density at radius 2 is 1.87 bits per heavy atom. The number of aliphatic hydroxyl groups excluding tert-OH is 1. The summed E-state index contributed by atoms with van der Waals surface area (Å²) in [5, 5.41) is 11.9. The Balaban J connectivity index is 1.51. The van der Waals surface area contributed by atoms with E-state index in [1.54, 1.807) is 49.6 Å². The first-order chi connectivity index (χ1) is 18.9. The summed E-state index contributed by atoms with van der Waals surface area (Å²) in [7, 11) is 1.58. The van der Waals surface area contributed by atoms with Gasteiger partial charge in [-0.25, -0.2) is 4.98 Å². The van der Waals surface area contributed by atoms with Crippen molar-refractivity contribution in [3.8, 4) is 17.2 Å². The van der Waals surface area contributed by atoms with Crippen LogP contribution in [0, 0.1) is 0 Å². The molecule has 0 bridgehead atoms. The van der Waals surface area contributed by atoms with Gasteiger partial charge in [0.25, 0.3) is 5.78 Å². The smallest absolute Gasteiger partial charge is 0.301 e. The molecular weight excluding hydrogens is 516 g/mol. The number of hydrogen-bond acceptors (Lipinski definition) is 8. The maximum Gasteiger partial charge on any atom is 0.301 e. The van der Waals surface area contributed by atoms with Gasteiger partial charge in [-0.15, -0.1) is 0 Å². The number of hydrogen-bond donors (Lipinski definition) is 1. The van der Waals surface area contributed by atoms with Gasteiger partial charge in [-0.3, -0.25) is 14.5 Å². The maximum atomic E-state index is 13.6. The topological polar surface area (TPSA) is 98.2 Å². The molecule has 3 aromatic carbocycles. The van der Waals surface area contributed by atoms with Crippen molar-refractivity contribution >= 4 is 44.1 Å². The molecule has 0 unspecified atom stereocenters. The van der Waals surface area contributed by atoms with Gasteiger partial charge in [0.2, 0.25) is 0 Å². The highest BCUT2D eigenvalue weighted by Crippen LogP contribution is 2.45. The fourth-order valence-electron chi connectivity index (χ4n) is 5.11. The highest BCUT2D eigenvalue weighted by molar-refractivity contribution is 7.22. The van der Waals surface area contributed by atoms with E-state index in [0.29, 0.717) is 46.3 Å². The molecule has 4 aromatic rings. The fraction of sp³-hybridized carbons (Fsp3) is 0.233. The number of rotatable bonds is 6. The Kier molecular flexibility index (Phi) is 6.23. The molecule has 0 radical (unpaired) electrons. The zero-order chi connectivity index (χ0) is 27.3. The summed E-state index contributed by atoms with van der Waals surface area (Å²) in [5.41, 5.74) is 2.73. The number of Topliss-reactive ketones (excluding diaryl/α,β-unsaturated/α-hetero) is 1. The van der Waals surface area contributed by atoms with E-state index in [1.165, 1.54) is 16.2 Å². The number of thiazole rings is 1. The molecule has 3 heterocycles. The molecule has 9 heteroatoms. The van der Waals surface area contributed by atoms with E-state index in [-0.39, 0.29) is 17.4 Å². The highest BCUT2D eigenvalue weighted by atomic mass is 32.1. The second-order valence-corrected chi connectivity index (χ2v) is 10.5. The zero-order valence-corrected chi connectivity index (χ0v) is 22.5. The van der Waals surface area contributed by atoms with Crippen LogP contribution in [0.2, 0.25) is 0 Å². The molecule has 8 nitrogen and oxygen atoms in total. The summed E-state index contributed by atoms with van der Waals surface area (Å²) in [6, 6.07) is 17.1. The first-order valence-corrected chi connectivity index (χ1v) is 13.5. The van der Waals surface area contributed by atoms with Crippen molar-refractivity contribution in [1.82, 2.24) is 4.98 Å². The van der Waals surface area contributed by atoms with Gasteiger partial charge >= 0.3 is 5.91 Å². The Morgan fingerprint density at radius 1 is 1.10 bits per heavy atom. The minimum atomic E-state index is -0.883. The molecule has 1 fully saturated rings. The van der Waals surface area contributed by atoms with Gasteiger partial charge < -0.3 is 19.3 Å². The lowest BCUT2D eigenvalue weighted by atomic mass is 9.94. The van der Waals surface area contributed by atoms with Crippen LogP contribution in [0.25, 0.3) is 16.0 Å². The van der Waals surface area contributed by atoms with Crippen molar-refractivity contribution < 1.29 is 28.9 Å². The van der Waals surface area contributed by atoms with Crippen molar-refractivity contribution in [2.45, 2.75) is 32.4 Å². The molecule has 1 amide bonds. The highest BCUT2D eigenvalue weighted by Gasteiger charge is 2.48. The molecule has 39 heavy (non-hydrogen) atoms. The van der Waals surface area contributed by atoms with Crippen molar-refractivity contribution in [1.29, 1.82) is 0 Å². The average Bonchev–Trinajstić information content (AvgIpc) is 3.60. The monoisotopic (exact) mass is 542 g/mol. The minimum absolute atomic E-state index is 0.00732. The van der Waals surface area contributed by atoms with Crippen LogP contribution in [0.15, 0.2) is 66.2 Å². The van der Waals surface area contributed by atoms with Crippen LogP contribution in [0.4, 0.5) is 5.13 Å². The predicted molar refractivity (Wildman–Crippen MR) is 149 cm³/mol. The summed E-state index contributed by atoms with van der Waals surface area (Å²) in [4.78, 5) is 33.2. The number of nitrogens with zero attached hydrogens (tertiary/aromatic N) is 2. The van der Waals surface area contributed by atoms with Crippen LogP contribution in [0.5, 0.6) is 17.2 Å². The largest absolute Gasteiger partial charge is 0.507 e. The van der Waals surface area contributed by atoms with Crippen LogP contribution in [0.1, 0.15) is 36.6 Å². The van der Waals surface area contributed by atoms with E-state index in [4.69, 9.17) is 14.2 Å². The molecule has 2 aliphatic rings. The Labute approximate surface area is 229 Å². The molecule has 0 aliphatic carbocycles. The van der Waals surface area contributed by atoms with Crippen LogP contribution in [-0.4, -0.2) is 41.6 Å².